The third kappa shape index (κ3) is 5.13. The van der Waals surface area contributed by atoms with Gasteiger partial charge in [-0.3, -0.25) is 4.79 Å². The third-order valence-corrected chi connectivity index (χ3v) is 4.31. The fourth-order valence-electron chi connectivity index (χ4n) is 2.85. The molecule has 0 N–H and O–H groups in total. The molecule has 5 heteroatoms. The molecule has 0 aliphatic carbocycles. The molecule has 1 unspecified atom stereocenters. The van der Waals surface area contributed by atoms with Gasteiger partial charge in [-0.15, -0.1) is 0 Å². The first-order chi connectivity index (χ1) is 11.1. The van der Waals surface area contributed by atoms with Crippen LogP contribution in [0.25, 0.3) is 0 Å². The monoisotopic (exact) mass is 321 g/mol. The van der Waals surface area contributed by atoms with Gasteiger partial charge < -0.3 is 19.1 Å². The summed E-state index contributed by atoms with van der Waals surface area (Å²) in [5.74, 6) is 1.51. The normalized spacial score (nSPS) is 17.1. The van der Waals surface area contributed by atoms with E-state index in [1.54, 1.807) is 25.2 Å². The highest BCUT2D eigenvalue weighted by atomic mass is 16.5. The van der Waals surface area contributed by atoms with Gasteiger partial charge in [-0.2, -0.15) is 0 Å². The predicted molar refractivity (Wildman–Crippen MR) is 89.1 cm³/mol. The van der Waals surface area contributed by atoms with Gasteiger partial charge >= 0.3 is 0 Å². The Labute approximate surface area is 138 Å². The Morgan fingerprint density at radius 2 is 2.17 bits per heavy atom. The van der Waals surface area contributed by atoms with E-state index in [0.717, 1.165) is 50.1 Å². The molecular weight excluding hydrogens is 294 g/mol. The highest BCUT2D eigenvalue weighted by Gasteiger charge is 2.17. The second kappa shape index (κ2) is 8.77. The molecule has 0 radical (unpaired) electrons. The Hall–Kier alpha value is -1.75. The van der Waals surface area contributed by atoms with Crippen LogP contribution >= 0.6 is 0 Å². The first kappa shape index (κ1) is 17.6. The molecule has 2 rings (SSSR count). The molecule has 128 valence electrons. The van der Waals surface area contributed by atoms with Gasteiger partial charge in [0.1, 0.15) is 11.5 Å². The van der Waals surface area contributed by atoms with Gasteiger partial charge in [0.05, 0.1) is 26.7 Å². The van der Waals surface area contributed by atoms with E-state index in [1.807, 2.05) is 19.2 Å². The summed E-state index contributed by atoms with van der Waals surface area (Å²) in [6.07, 6.45) is 5.05. The number of benzene rings is 1. The van der Waals surface area contributed by atoms with Gasteiger partial charge in [0.2, 0.25) is 5.91 Å². The van der Waals surface area contributed by atoms with Crippen molar-refractivity contribution in [2.24, 2.45) is 0 Å². The number of likely N-dealkylation sites (N-methyl/N-ethyl adjacent to an activating group) is 1. The fraction of sp³-hybridized carbons (Fsp3) is 0.611. The van der Waals surface area contributed by atoms with E-state index < -0.39 is 0 Å². The van der Waals surface area contributed by atoms with E-state index in [4.69, 9.17) is 14.2 Å². The zero-order chi connectivity index (χ0) is 16.7. The zero-order valence-corrected chi connectivity index (χ0v) is 14.3. The average molecular weight is 321 g/mol. The molecule has 1 saturated heterocycles. The maximum Gasteiger partial charge on any atom is 0.226 e. The zero-order valence-electron chi connectivity index (χ0n) is 14.3. The molecule has 1 amide bonds. The summed E-state index contributed by atoms with van der Waals surface area (Å²) in [5, 5.41) is 0. The predicted octanol–water partition coefficient (Wildman–Crippen LogP) is 2.66. The van der Waals surface area contributed by atoms with Crippen LogP contribution in [-0.4, -0.2) is 51.3 Å². The SMILES string of the molecule is COc1ccc(CC(=O)N(C)CCCC2CCCO2)c(OC)c1. The minimum absolute atomic E-state index is 0.0980. The molecule has 23 heavy (non-hydrogen) atoms. The second-order valence-electron chi connectivity index (χ2n) is 5.95. The summed E-state index contributed by atoms with van der Waals surface area (Å²) < 4.78 is 16.1. The maximum absolute atomic E-state index is 12.4. The molecule has 1 aliphatic rings. The van der Waals surface area contributed by atoms with Gasteiger partial charge in [-0.05, 0) is 31.7 Å². The molecule has 1 aromatic carbocycles. The summed E-state index contributed by atoms with van der Waals surface area (Å²) in [6.45, 7) is 1.65. The lowest BCUT2D eigenvalue weighted by Gasteiger charge is -2.19. The number of carbonyl (C=O) groups is 1. The number of hydrogen-bond donors (Lipinski definition) is 0. The molecular formula is C18H27NO4. The molecule has 0 saturated carbocycles. The first-order valence-corrected chi connectivity index (χ1v) is 8.20. The lowest BCUT2D eigenvalue weighted by atomic mass is 10.1. The highest BCUT2D eigenvalue weighted by molar-refractivity contribution is 5.79. The van der Waals surface area contributed by atoms with Crippen LogP contribution in [0.1, 0.15) is 31.2 Å². The van der Waals surface area contributed by atoms with Crippen LogP contribution < -0.4 is 9.47 Å². The summed E-state index contributed by atoms with van der Waals surface area (Å²) in [5.41, 5.74) is 0.879. The Kier molecular flexibility index (Phi) is 6.71. The van der Waals surface area contributed by atoms with E-state index >= 15 is 0 Å². The number of carbonyl (C=O) groups excluding carboxylic acids is 1. The highest BCUT2D eigenvalue weighted by Crippen LogP contribution is 2.25. The van der Waals surface area contributed by atoms with Crippen LogP contribution in [0.2, 0.25) is 0 Å². The molecule has 1 aromatic rings. The van der Waals surface area contributed by atoms with E-state index in [2.05, 4.69) is 0 Å². The number of amides is 1. The van der Waals surface area contributed by atoms with Crippen molar-refractivity contribution in [2.45, 2.75) is 38.2 Å². The van der Waals surface area contributed by atoms with Crippen LogP contribution in [0.4, 0.5) is 0 Å². The van der Waals surface area contributed by atoms with Crippen molar-refractivity contribution in [1.29, 1.82) is 0 Å². The van der Waals surface area contributed by atoms with Crippen molar-refractivity contribution >= 4 is 5.91 Å². The lowest BCUT2D eigenvalue weighted by Crippen LogP contribution is -2.29. The number of ether oxygens (including phenoxy) is 3. The van der Waals surface area contributed by atoms with Crippen LogP contribution in [0.15, 0.2) is 18.2 Å². The summed E-state index contributed by atoms with van der Waals surface area (Å²) in [6, 6.07) is 5.54. The van der Waals surface area contributed by atoms with E-state index in [1.165, 1.54) is 0 Å². The van der Waals surface area contributed by atoms with Crippen molar-refractivity contribution in [3.8, 4) is 11.5 Å². The van der Waals surface area contributed by atoms with Crippen LogP contribution in [0.3, 0.4) is 0 Å². The van der Waals surface area contributed by atoms with Gasteiger partial charge in [0.25, 0.3) is 0 Å². The summed E-state index contributed by atoms with van der Waals surface area (Å²) in [4.78, 5) is 14.2. The average Bonchev–Trinajstić information content (AvgIpc) is 3.08. The van der Waals surface area contributed by atoms with Gasteiger partial charge in [0, 0.05) is 31.8 Å². The van der Waals surface area contributed by atoms with E-state index in [0.29, 0.717) is 18.3 Å². The largest absolute Gasteiger partial charge is 0.497 e. The smallest absolute Gasteiger partial charge is 0.226 e. The topological polar surface area (TPSA) is 48.0 Å². The molecule has 1 heterocycles. The van der Waals surface area contributed by atoms with Crippen LogP contribution in [0.5, 0.6) is 11.5 Å². The first-order valence-electron chi connectivity index (χ1n) is 8.20. The minimum Gasteiger partial charge on any atom is -0.497 e. The van der Waals surface area contributed by atoms with Gasteiger partial charge in [-0.25, -0.2) is 0 Å². The standard InChI is InChI=1S/C18H27NO4/c1-19(10-4-6-15-7-5-11-23-15)18(20)12-14-8-9-16(21-2)13-17(14)22-3/h8-9,13,15H,4-7,10-12H2,1-3H3. The lowest BCUT2D eigenvalue weighted by molar-refractivity contribution is -0.129. The van der Waals surface area contributed by atoms with Crippen molar-refractivity contribution in [3.63, 3.8) is 0 Å². The Bertz CT molecular complexity index is 512. The van der Waals surface area contributed by atoms with Crippen molar-refractivity contribution in [3.05, 3.63) is 23.8 Å². The Morgan fingerprint density at radius 3 is 2.83 bits per heavy atom. The van der Waals surface area contributed by atoms with E-state index in [9.17, 15) is 4.79 Å². The third-order valence-electron chi connectivity index (χ3n) is 4.31. The molecule has 0 aromatic heterocycles. The fourth-order valence-corrected chi connectivity index (χ4v) is 2.85. The number of nitrogens with zero attached hydrogens (tertiary/aromatic N) is 1. The van der Waals surface area contributed by atoms with Gasteiger partial charge in [0.15, 0.2) is 0 Å². The summed E-state index contributed by atoms with van der Waals surface area (Å²) >= 11 is 0. The Balaban J connectivity index is 1.82. The van der Waals surface area contributed by atoms with Crippen LogP contribution in [-0.2, 0) is 16.0 Å². The summed E-state index contributed by atoms with van der Waals surface area (Å²) in [7, 11) is 5.07. The van der Waals surface area contributed by atoms with Crippen molar-refractivity contribution in [1.82, 2.24) is 4.90 Å². The second-order valence-corrected chi connectivity index (χ2v) is 5.95. The maximum atomic E-state index is 12.4. The van der Waals surface area contributed by atoms with Crippen LogP contribution in [0, 0.1) is 0 Å². The molecule has 1 fully saturated rings. The number of methoxy groups -OCH3 is 2. The number of rotatable bonds is 8. The molecule has 1 aliphatic heterocycles. The number of hydrogen-bond acceptors (Lipinski definition) is 4. The minimum atomic E-state index is 0.0980. The molecule has 0 spiro atoms. The van der Waals surface area contributed by atoms with Crippen molar-refractivity contribution < 1.29 is 19.0 Å². The Morgan fingerprint density at radius 1 is 1.35 bits per heavy atom. The molecule has 1 atom stereocenters. The van der Waals surface area contributed by atoms with Crippen molar-refractivity contribution in [2.75, 3.05) is 34.4 Å². The van der Waals surface area contributed by atoms with Gasteiger partial charge in [-0.1, -0.05) is 6.07 Å². The molecule has 5 nitrogen and oxygen atoms in total. The molecule has 0 bridgehead atoms. The van der Waals surface area contributed by atoms with E-state index in [-0.39, 0.29) is 5.91 Å². The quantitative estimate of drug-likeness (QED) is 0.738.